The summed E-state index contributed by atoms with van der Waals surface area (Å²) < 4.78 is 29.9. The van der Waals surface area contributed by atoms with Crippen molar-refractivity contribution in [1.29, 1.82) is 0 Å². The second-order valence-corrected chi connectivity index (χ2v) is 5.96. The van der Waals surface area contributed by atoms with Crippen molar-refractivity contribution < 1.29 is 17.9 Å². The molecule has 1 aromatic carbocycles. The number of hydrogen-bond donors (Lipinski definition) is 3. The van der Waals surface area contributed by atoms with E-state index >= 15 is 0 Å². The van der Waals surface area contributed by atoms with E-state index in [0.29, 0.717) is 5.69 Å². The van der Waals surface area contributed by atoms with Gasteiger partial charge in [0.1, 0.15) is 6.61 Å². The normalized spacial score (nSPS) is 10.9. The van der Waals surface area contributed by atoms with Gasteiger partial charge in [-0.1, -0.05) is 0 Å². The Bertz CT molecular complexity index is 584. The lowest BCUT2D eigenvalue weighted by Crippen LogP contribution is -2.36. The highest BCUT2D eigenvalue weighted by molar-refractivity contribution is 7.89. The molecule has 1 aromatic rings. The molecule has 0 fully saturated rings. The van der Waals surface area contributed by atoms with E-state index < -0.39 is 10.0 Å². The molecule has 3 N–H and O–H groups in total. The molecule has 0 aromatic heterocycles. The largest absolute Gasteiger partial charge is 0.375 e. The van der Waals surface area contributed by atoms with Crippen molar-refractivity contribution in [3.05, 3.63) is 24.3 Å². The molecule has 0 unspecified atom stereocenters. The Labute approximate surface area is 122 Å². The summed E-state index contributed by atoms with van der Waals surface area (Å²) in [7, 11) is -0.732. The Balaban J connectivity index is 2.66. The summed E-state index contributed by atoms with van der Waals surface area (Å²) in [6.45, 7) is -0.0961. The van der Waals surface area contributed by atoms with Crippen molar-refractivity contribution in [2.24, 2.45) is 0 Å². The van der Waals surface area contributed by atoms with E-state index in [4.69, 9.17) is 12.2 Å². The summed E-state index contributed by atoms with van der Waals surface area (Å²) in [5.41, 5.74) is 0.558. The molecular formula is C11H15N3O4S2. The first kappa shape index (κ1) is 16.5. The summed E-state index contributed by atoms with van der Waals surface area (Å²) in [4.78, 5) is 11.4. The second-order valence-electron chi connectivity index (χ2n) is 3.67. The van der Waals surface area contributed by atoms with Gasteiger partial charge in [-0.05, 0) is 43.5 Å². The van der Waals surface area contributed by atoms with E-state index in [9.17, 15) is 13.2 Å². The molecule has 0 saturated heterocycles. The maximum atomic E-state index is 11.5. The van der Waals surface area contributed by atoms with E-state index in [0.717, 1.165) is 0 Å². The molecule has 0 heterocycles. The fourth-order valence-electron chi connectivity index (χ4n) is 1.29. The number of anilines is 1. The van der Waals surface area contributed by atoms with Crippen LogP contribution in [0.1, 0.15) is 0 Å². The molecule has 20 heavy (non-hydrogen) atoms. The minimum atomic E-state index is -3.47. The number of sulfonamides is 1. The van der Waals surface area contributed by atoms with Gasteiger partial charge >= 0.3 is 0 Å². The van der Waals surface area contributed by atoms with Crippen LogP contribution in [0.2, 0.25) is 0 Å². The third-order valence-electron chi connectivity index (χ3n) is 2.22. The van der Waals surface area contributed by atoms with Crippen LogP contribution in [0.4, 0.5) is 5.69 Å². The molecular weight excluding hydrogens is 302 g/mol. The quantitative estimate of drug-likeness (QED) is 0.664. The molecule has 0 aliphatic heterocycles. The van der Waals surface area contributed by atoms with Gasteiger partial charge in [-0.2, -0.15) is 0 Å². The summed E-state index contributed by atoms with van der Waals surface area (Å²) in [5.74, 6) is -0.376. The van der Waals surface area contributed by atoms with Gasteiger partial charge in [0.05, 0.1) is 4.90 Å². The van der Waals surface area contributed by atoms with Gasteiger partial charge in [-0.3, -0.25) is 4.79 Å². The smallest absolute Gasteiger partial charge is 0.252 e. The molecule has 0 bridgehead atoms. The van der Waals surface area contributed by atoms with E-state index in [2.05, 4.69) is 20.1 Å². The average Bonchev–Trinajstić information content (AvgIpc) is 2.39. The molecule has 0 aliphatic carbocycles. The van der Waals surface area contributed by atoms with Crippen molar-refractivity contribution in [2.45, 2.75) is 4.90 Å². The minimum Gasteiger partial charge on any atom is -0.375 e. The number of thiocarbonyl (C=S) groups is 1. The first-order chi connectivity index (χ1) is 9.39. The second kappa shape index (κ2) is 7.29. The van der Waals surface area contributed by atoms with Crippen molar-refractivity contribution in [3.63, 3.8) is 0 Å². The maximum Gasteiger partial charge on any atom is 0.252 e. The summed E-state index contributed by atoms with van der Waals surface area (Å²) >= 11 is 4.93. The van der Waals surface area contributed by atoms with Gasteiger partial charge < -0.3 is 15.4 Å². The monoisotopic (exact) mass is 317 g/mol. The zero-order valence-electron chi connectivity index (χ0n) is 11.0. The molecule has 1 amide bonds. The van der Waals surface area contributed by atoms with Crippen LogP contribution >= 0.6 is 12.2 Å². The van der Waals surface area contributed by atoms with Crippen LogP contribution < -0.4 is 15.4 Å². The van der Waals surface area contributed by atoms with Crippen LogP contribution in [-0.2, 0) is 19.6 Å². The summed E-state index contributed by atoms with van der Waals surface area (Å²) in [5, 5.41) is 5.28. The third-order valence-corrected chi connectivity index (χ3v) is 3.85. The molecule has 0 radical (unpaired) electrons. The minimum absolute atomic E-state index is 0.0961. The zero-order chi connectivity index (χ0) is 15.2. The predicted octanol–water partition coefficient (Wildman–Crippen LogP) is 0.0541. The van der Waals surface area contributed by atoms with Gasteiger partial charge in [0.15, 0.2) is 5.11 Å². The first-order valence-electron chi connectivity index (χ1n) is 5.52. The zero-order valence-corrected chi connectivity index (χ0v) is 12.6. The number of hydrogen-bond acceptors (Lipinski definition) is 5. The van der Waals surface area contributed by atoms with E-state index in [1.54, 1.807) is 12.1 Å². The van der Waals surface area contributed by atoms with Gasteiger partial charge in [0, 0.05) is 12.8 Å². The Morgan fingerprint density at radius 3 is 2.40 bits per heavy atom. The summed E-state index contributed by atoms with van der Waals surface area (Å²) in [6.07, 6.45) is 0. The molecule has 9 heteroatoms. The fourth-order valence-corrected chi connectivity index (χ4v) is 2.25. The molecule has 7 nitrogen and oxygen atoms in total. The van der Waals surface area contributed by atoms with Crippen LogP contribution in [0.15, 0.2) is 29.2 Å². The van der Waals surface area contributed by atoms with E-state index in [1.807, 2.05) is 0 Å². The fraction of sp³-hybridized carbons (Fsp3) is 0.273. The number of amides is 1. The van der Waals surface area contributed by atoms with E-state index in [-0.39, 0.29) is 22.5 Å². The topological polar surface area (TPSA) is 96.5 Å². The van der Waals surface area contributed by atoms with Gasteiger partial charge in [-0.15, -0.1) is 0 Å². The van der Waals surface area contributed by atoms with Gasteiger partial charge in [-0.25, -0.2) is 13.1 Å². The Hall–Kier alpha value is -1.55. The van der Waals surface area contributed by atoms with Crippen LogP contribution in [0, 0.1) is 0 Å². The molecule has 0 atom stereocenters. The van der Waals surface area contributed by atoms with Crippen molar-refractivity contribution in [1.82, 2.24) is 10.0 Å². The van der Waals surface area contributed by atoms with Crippen molar-refractivity contribution in [2.75, 3.05) is 26.1 Å². The highest BCUT2D eigenvalue weighted by Gasteiger charge is 2.10. The molecule has 0 spiro atoms. The SMILES string of the molecule is CNS(=O)(=O)c1ccc(NC(=S)NC(=O)COC)cc1. The summed E-state index contributed by atoms with van der Waals surface area (Å²) in [6, 6.07) is 5.93. The number of carbonyl (C=O) groups excluding carboxylic acids is 1. The number of carbonyl (C=O) groups is 1. The van der Waals surface area contributed by atoms with Gasteiger partial charge in [0.2, 0.25) is 10.0 Å². The lowest BCUT2D eigenvalue weighted by atomic mass is 10.3. The van der Waals surface area contributed by atoms with E-state index in [1.165, 1.54) is 26.3 Å². The first-order valence-corrected chi connectivity index (χ1v) is 7.41. The Morgan fingerprint density at radius 1 is 1.30 bits per heavy atom. The Kier molecular flexibility index (Phi) is 6.02. The number of ether oxygens (including phenoxy) is 1. The average molecular weight is 317 g/mol. The molecule has 0 saturated carbocycles. The van der Waals surface area contributed by atoms with Crippen molar-refractivity contribution >= 4 is 38.9 Å². The van der Waals surface area contributed by atoms with Crippen LogP contribution in [0.25, 0.3) is 0 Å². The third kappa shape index (κ3) is 4.85. The lowest BCUT2D eigenvalue weighted by molar-refractivity contribution is -0.123. The molecule has 1 rings (SSSR count). The maximum absolute atomic E-state index is 11.5. The van der Waals surface area contributed by atoms with Crippen molar-refractivity contribution in [3.8, 4) is 0 Å². The standard InChI is InChI=1S/C11H15N3O4S2/c1-12-20(16,17)9-5-3-8(4-6-9)13-11(19)14-10(15)7-18-2/h3-6,12H,7H2,1-2H3,(H2,13,14,15,19). The lowest BCUT2D eigenvalue weighted by Gasteiger charge is -2.09. The Morgan fingerprint density at radius 2 is 1.90 bits per heavy atom. The number of methoxy groups -OCH3 is 1. The van der Waals surface area contributed by atoms with Gasteiger partial charge in [0.25, 0.3) is 5.91 Å². The number of rotatable bonds is 5. The molecule has 110 valence electrons. The van der Waals surface area contributed by atoms with Crippen LogP contribution in [-0.4, -0.2) is 40.2 Å². The number of benzene rings is 1. The van der Waals surface area contributed by atoms with Crippen LogP contribution in [0.3, 0.4) is 0 Å². The molecule has 0 aliphatic rings. The predicted molar refractivity (Wildman–Crippen MR) is 78.9 cm³/mol. The number of nitrogens with one attached hydrogen (secondary N) is 3. The highest BCUT2D eigenvalue weighted by Crippen LogP contribution is 2.13. The van der Waals surface area contributed by atoms with Crippen LogP contribution in [0.5, 0.6) is 0 Å². The highest BCUT2D eigenvalue weighted by atomic mass is 32.2.